The second-order valence-corrected chi connectivity index (χ2v) is 5.67. The number of carbonyl (C=O) groups excluding carboxylic acids is 1. The Balaban J connectivity index is 1.69. The van der Waals surface area contributed by atoms with E-state index >= 15 is 0 Å². The maximum absolute atomic E-state index is 11.4. The molecule has 0 amide bonds. The molecule has 0 aliphatic rings. The van der Waals surface area contributed by atoms with Gasteiger partial charge in [0.15, 0.2) is 5.78 Å². The number of rotatable bonds is 9. The van der Waals surface area contributed by atoms with Gasteiger partial charge in [-0.1, -0.05) is 19.4 Å². The molecule has 2 rings (SSSR count). The van der Waals surface area contributed by atoms with Crippen LogP contribution in [0.2, 0.25) is 0 Å². The summed E-state index contributed by atoms with van der Waals surface area (Å²) in [5.74, 6) is 0.850. The normalized spacial score (nSPS) is 10.7. The van der Waals surface area contributed by atoms with Crippen LogP contribution >= 0.6 is 0 Å². The molecule has 0 radical (unpaired) electrons. The van der Waals surface area contributed by atoms with E-state index in [1.54, 1.807) is 19.1 Å². The summed E-state index contributed by atoms with van der Waals surface area (Å²) < 4.78 is 10.8. The Hall–Kier alpha value is -2.36. The fourth-order valence-corrected chi connectivity index (χ4v) is 2.28. The van der Waals surface area contributed by atoms with Crippen molar-refractivity contribution in [2.75, 3.05) is 6.61 Å². The first-order chi connectivity index (χ1) is 11.1. The van der Waals surface area contributed by atoms with Crippen LogP contribution in [-0.2, 0) is 4.79 Å². The highest BCUT2D eigenvalue weighted by molar-refractivity contribution is 5.93. The summed E-state index contributed by atoms with van der Waals surface area (Å²) in [5, 5.41) is 0.874. The molecule has 0 atom stereocenters. The smallest absolute Gasteiger partial charge is 0.336 e. The van der Waals surface area contributed by atoms with Gasteiger partial charge in [-0.05, 0) is 43.5 Å². The summed E-state index contributed by atoms with van der Waals surface area (Å²) in [6, 6.07) is 8.62. The predicted octanol–water partition coefficient (Wildman–Crippen LogP) is 4.27. The van der Waals surface area contributed by atoms with Crippen LogP contribution in [0.1, 0.15) is 39.0 Å². The molecule has 23 heavy (non-hydrogen) atoms. The number of hydrogen-bond acceptors (Lipinski definition) is 4. The standard InChI is InChI=1S/C19H22O4/c1-14(2)17(20)7-5-3-4-6-12-22-16-10-8-15-9-11-19(21)23-18(15)13-16/h8-11,13H,1,3-7,12H2,2H3. The second kappa shape index (κ2) is 8.32. The highest BCUT2D eigenvalue weighted by Gasteiger charge is 2.02. The lowest BCUT2D eigenvalue weighted by Gasteiger charge is -2.06. The van der Waals surface area contributed by atoms with Crippen molar-refractivity contribution in [3.63, 3.8) is 0 Å². The van der Waals surface area contributed by atoms with Crippen LogP contribution in [0.15, 0.2) is 51.7 Å². The molecule has 0 bridgehead atoms. The van der Waals surface area contributed by atoms with Gasteiger partial charge in [0, 0.05) is 23.9 Å². The van der Waals surface area contributed by atoms with Crippen molar-refractivity contribution in [1.29, 1.82) is 0 Å². The first kappa shape index (κ1) is 17.0. The van der Waals surface area contributed by atoms with Crippen LogP contribution in [0.4, 0.5) is 0 Å². The third-order valence-electron chi connectivity index (χ3n) is 3.64. The van der Waals surface area contributed by atoms with Gasteiger partial charge in [-0.3, -0.25) is 4.79 Å². The summed E-state index contributed by atoms with van der Waals surface area (Å²) in [6.07, 6.45) is 4.44. The van der Waals surface area contributed by atoms with Gasteiger partial charge >= 0.3 is 5.63 Å². The molecular weight excluding hydrogens is 292 g/mol. The van der Waals surface area contributed by atoms with Crippen molar-refractivity contribution >= 4 is 16.8 Å². The van der Waals surface area contributed by atoms with Crippen molar-refractivity contribution in [3.8, 4) is 5.75 Å². The minimum Gasteiger partial charge on any atom is -0.493 e. The van der Waals surface area contributed by atoms with Gasteiger partial charge in [0.05, 0.1) is 6.61 Å². The molecule has 1 aromatic carbocycles. The van der Waals surface area contributed by atoms with Gasteiger partial charge in [-0.2, -0.15) is 0 Å². The molecule has 0 saturated carbocycles. The molecule has 1 heterocycles. The van der Waals surface area contributed by atoms with Crippen molar-refractivity contribution < 1.29 is 13.9 Å². The summed E-state index contributed by atoms with van der Waals surface area (Å²) >= 11 is 0. The lowest BCUT2D eigenvalue weighted by molar-refractivity contribution is -0.115. The van der Waals surface area contributed by atoms with E-state index in [0.29, 0.717) is 29.9 Å². The SMILES string of the molecule is C=C(C)C(=O)CCCCCCOc1ccc2ccc(=O)oc2c1. The van der Waals surface area contributed by atoms with Gasteiger partial charge in [0.2, 0.25) is 0 Å². The van der Waals surface area contributed by atoms with E-state index in [-0.39, 0.29) is 11.4 Å². The van der Waals surface area contributed by atoms with Crippen LogP contribution in [0.5, 0.6) is 5.75 Å². The minimum absolute atomic E-state index is 0.152. The minimum atomic E-state index is -0.362. The van der Waals surface area contributed by atoms with Crippen LogP contribution in [0.3, 0.4) is 0 Å². The number of fused-ring (bicyclic) bond motifs is 1. The Kier molecular flexibility index (Phi) is 6.15. The molecular formula is C19H22O4. The average Bonchev–Trinajstić information content (AvgIpc) is 2.53. The Morgan fingerprint density at radius 3 is 2.65 bits per heavy atom. The van der Waals surface area contributed by atoms with Crippen molar-refractivity contribution in [1.82, 2.24) is 0 Å². The maximum atomic E-state index is 11.4. The fraction of sp³-hybridized carbons (Fsp3) is 0.368. The number of allylic oxidation sites excluding steroid dienone is 1. The summed E-state index contributed by atoms with van der Waals surface area (Å²) in [4.78, 5) is 22.6. The molecule has 2 aromatic rings. The Labute approximate surface area is 135 Å². The van der Waals surface area contributed by atoms with E-state index in [1.165, 1.54) is 6.07 Å². The van der Waals surface area contributed by atoms with E-state index in [1.807, 2.05) is 12.1 Å². The third-order valence-corrected chi connectivity index (χ3v) is 3.64. The molecule has 122 valence electrons. The largest absolute Gasteiger partial charge is 0.493 e. The van der Waals surface area contributed by atoms with Gasteiger partial charge in [-0.15, -0.1) is 0 Å². The highest BCUT2D eigenvalue weighted by atomic mass is 16.5. The van der Waals surface area contributed by atoms with E-state index in [9.17, 15) is 9.59 Å². The molecule has 0 N–H and O–H groups in total. The summed E-state index contributed by atoms with van der Waals surface area (Å²) in [7, 11) is 0. The molecule has 0 fully saturated rings. The third kappa shape index (κ3) is 5.40. The first-order valence-corrected chi connectivity index (χ1v) is 7.92. The maximum Gasteiger partial charge on any atom is 0.336 e. The number of ether oxygens (including phenoxy) is 1. The second-order valence-electron chi connectivity index (χ2n) is 5.67. The average molecular weight is 314 g/mol. The zero-order valence-corrected chi connectivity index (χ0v) is 13.5. The molecule has 4 nitrogen and oxygen atoms in total. The molecule has 1 aromatic heterocycles. The highest BCUT2D eigenvalue weighted by Crippen LogP contribution is 2.19. The molecule has 0 unspecified atom stereocenters. The number of carbonyl (C=O) groups is 1. The lowest BCUT2D eigenvalue weighted by atomic mass is 10.1. The summed E-state index contributed by atoms with van der Waals surface area (Å²) in [6.45, 7) is 6.01. The van der Waals surface area contributed by atoms with Crippen LogP contribution in [-0.4, -0.2) is 12.4 Å². The monoisotopic (exact) mass is 314 g/mol. The van der Waals surface area contributed by atoms with Crippen LogP contribution in [0.25, 0.3) is 11.0 Å². The molecule has 4 heteroatoms. The molecule has 0 aliphatic heterocycles. The number of benzene rings is 1. The number of ketones is 1. The zero-order chi connectivity index (χ0) is 16.7. The van der Waals surface area contributed by atoms with Gasteiger partial charge in [0.1, 0.15) is 11.3 Å². The zero-order valence-electron chi connectivity index (χ0n) is 13.5. The van der Waals surface area contributed by atoms with Crippen LogP contribution in [0, 0.1) is 0 Å². The van der Waals surface area contributed by atoms with Gasteiger partial charge in [0.25, 0.3) is 0 Å². The number of Topliss-reactive ketones (excluding diaryl/α,β-unsaturated/α-hetero) is 1. The lowest BCUT2D eigenvalue weighted by Crippen LogP contribution is -2.00. The van der Waals surface area contributed by atoms with Crippen molar-refractivity contribution in [2.24, 2.45) is 0 Å². The van der Waals surface area contributed by atoms with Crippen molar-refractivity contribution in [2.45, 2.75) is 39.0 Å². The number of unbranched alkanes of at least 4 members (excludes halogenated alkanes) is 3. The molecule has 0 spiro atoms. The van der Waals surface area contributed by atoms with Gasteiger partial charge < -0.3 is 9.15 Å². The number of hydrogen-bond donors (Lipinski definition) is 0. The molecule has 0 aliphatic carbocycles. The Morgan fingerprint density at radius 2 is 1.87 bits per heavy atom. The van der Waals surface area contributed by atoms with Gasteiger partial charge in [-0.25, -0.2) is 4.79 Å². The van der Waals surface area contributed by atoms with E-state index < -0.39 is 0 Å². The topological polar surface area (TPSA) is 56.5 Å². The van der Waals surface area contributed by atoms with E-state index in [2.05, 4.69) is 6.58 Å². The van der Waals surface area contributed by atoms with Crippen LogP contribution < -0.4 is 10.4 Å². The first-order valence-electron chi connectivity index (χ1n) is 7.92. The quantitative estimate of drug-likeness (QED) is 0.394. The fourth-order valence-electron chi connectivity index (χ4n) is 2.28. The Morgan fingerprint density at radius 1 is 1.13 bits per heavy atom. The Bertz CT molecular complexity index is 742. The van der Waals surface area contributed by atoms with E-state index in [0.717, 1.165) is 31.1 Å². The summed E-state index contributed by atoms with van der Waals surface area (Å²) in [5.41, 5.74) is 0.809. The van der Waals surface area contributed by atoms with E-state index in [4.69, 9.17) is 9.15 Å². The molecule has 0 saturated heterocycles. The predicted molar refractivity (Wildman–Crippen MR) is 90.9 cm³/mol. The van der Waals surface area contributed by atoms with Crippen molar-refractivity contribution in [3.05, 3.63) is 52.9 Å².